The normalized spacial score (nSPS) is 10.6. The summed E-state index contributed by atoms with van der Waals surface area (Å²) >= 11 is 1.56. The fraction of sp³-hybridized carbons (Fsp3) is 0. The van der Waals surface area contributed by atoms with Gasteiger partial charge in [-0.15, -0.1) is 11.3 Å². The predicted octanol–water partition coefficient (Wildman–Crippen LogP) is 2.78. The molecule has 0 saturated heterocycles. The molecule has 3 N–H and O–H groups in total. The maximum absolute atomic E-state index is 5.92. The highest BCUT2D eigenvalue weighted by Gasteiger charge is 2.15. The second kappa shape index (κ2) is 4.03. The van der Waals surface area contributed by atoms with E-state index in [2.05, 4.69) is 15.2 Å². The van der Waals surface area contributed by atoms with Crippen molar-refractivity contribution in [2.45, 2.75) is 0 Å². The molecule has 0 unspecified atom stereocenters. The van der Waals surface area contributed by atoms with Crippen LogP contribution in [0.15, 0.2) is 42.0 Å². The van der Waals surface area contributed by atoms with Gasteiger partial charge in [0, 0.05) is 6.20 Å². The van der Waals surface area contributed by atoms with Crippen molar-refractivity contribution in [3.63, 3.8) is 0 Å². The number of thiazole rings is 1. The van der Waals surface area contributed by atoms with Crippen LogP contribution >= 0.6 is 11.3 Å². The summed E-state index contributed by atoms with van der Waals surface area (Å²) < 4.78 is 0. The molecule has 0 aliphatic carbocycles. The number of hydrogen-bond donors (Lipinski definition) is 2. The highest BCUT2D eigenvalue weighted by Crippen LogP contribution is 2.35. The number of nitrogens with one attached hydrogen (secondary N) is 1. The van der Waals surface area contributed by atoms with Gasteiger partial charge in [0.2, 0.25) is 0 Å². The SMILES string of the molecule is Nc1n[nH]c(-c2cncs2)c1-c1ccccc1. The molecule has 0 fully saturated rings. The lowest BCUT2D eigenvalue weighted by Crippen LogP contribution is -1.87. The first-order valence-corrected chi connectivity index (χ1v) is 6.02. The zero-order chi connectivity index (χ0) is 11.7. The largest absolute Gasteiger partial charge is 0.382 e. The molecule has 0 atom stereocenters. The van der Waals surface area contributed by atoms with Gasteiger partial charge in [-0.1, -0.05) is 30.3 Å². The van der Waals surface area contributed by atoms with Crippen molar-refractivity contribution in [1.29, 1.82) is 0 Å². The van der Waals surface area contributed by atoms with Gasteiger partial charge in [0.15, 0.2) is 5.82 Å². The van der Waals surface area contributed by atoms with E-state index in [1.165, 1.54) is 0 Å². The number of benzene rings is 1. The molecular weight excluding hydrogens is 232 g/mol. The Kier molecular flexibility index (Phi) is 2.38. The molecule has 0 saturated carbocycles. The van der Waals surface area contributed by atoms with E-state index in [1.54, 1.807) is 16.8 Å². The second-order valence-corrected chi connectivity index (χ2v) is 4.48. The summed E-state index contributed by atoms with van der Waals surface area (Å²) in [5, 5.41) is 7.05. The Morgan fingerprint density at radius 1 is 1.18 bits per heavy atom. The maximum atomic E-state index is 5.92. The third-order valence-corrected chi connectivity index (χ3v) is 3.33. The molecule has 3 aromatic rings. The Bertz CT molecular complexity index is 613. The summed E-state index contributed by atoms with van der Waals surface area (Å²) in [6.07, 6.45) is 1.81. The molecule has 0 radical (unpaired) electrons. The molecule has 2 heterocycles. The van der Waals surface area contributed by atoms with Crippen LogP contribution in [0, 0.1) is 0 Å². The van der Waals surface area contributed by atoms with Gasteiger partial charge >= 0.3 is 0 Å². The zero-order valence-corrected chi connectivity index (χ0v) is 9.74. The van der Waals surface area contributed by atoms with Gasteiger partial charge in [0.1, 0.15) is 0 Å². The molecule has 1 aromatic carbocycles. The minimum atomic E-state index is 0.514. The lowest BCUT2D eigenvalue weighted by Gasteiger charge is -2.01. The molecule has 0 aliphatic rings. The number of anilines is 1. The molecule has 5 heteroatoms. The molecule has 0 amide bonds. The predicted molar refractivity (Wildman–Crippen MR) is 69.5 cm³/mol. The molecule has 84 valence electrons. The first-order valence-electron chi connectivity index (χ1n) is 5.14. The molecule has 0 spiro atoms. The van der Waals surface area contributed by atoms with Crippen LogP contribution < -0.4 is 5.73 Å². The quantitative estimate of drug-likeness (QED) is 0.726. The van der Waals surface area contributed by atoms with Gasteiger partial charge in [-0.2, -0.15) is 5.10 Å². The van der Waals surface area contributed by atoms with Crippen LogP contribution in [0.4, 0.5) is 5.82 Å². The summed E-state index contributed by atoms with van der Waals surface area (Å²) in [6, 6.07) is 9.99. The minimum absolute atomic E-state index is 0.514. The third kappa shape index (κ3) is 1.70. The number of nitrogens with two attached hydrogens (primary N) is 1. The Labute approximate surface area is 102 Å². The summed E-state index contributed by atoms with van der Waals surface area (Å²) in [4.78, 5) is 5.11. The number of hydrogen-bond acceptors (Lipinski definition) is 4. The van der Waals surface area contributed by atoms with Gasteiger partial charge in [-0.3, -0.25) is 10.1 Å². The monoisotopic (exact) mass is 242 g/mol. The molecule has 4 nitrogen and oxygen atoms in total. The second-order valence-electron chi connectivity index (χ2n) is 3.59. The smallest absolute Gasteiger partial charge is 0.153 e. The van der Waals surface area contributed by atoms with Crippen molar-refractivity contribution in [2.24, 2.45) is 0 Å². The van der Waals surface area contributed by atoms with Gasteiger partial charge in [-0.25, -0.2) is 0 Å². The first-order chi connectivity index (χ1) is 8.36. The average Bonchev–Trinajstić information content (AvgIpc) is 2.98. The average molecular weight is 242 g/mol. The summed E-state index contributed by atoms with van der Waals surface area (Å²) in [7, 11) is 0. The van der Waals surface area contributed by atoms with Crippen molar-refractivity contribution in [1.82, 2.24) is 15.2 Å². The van der Waals surface area contributed by atoms with Crippen molar-refractivity contribution < 1.29 is 0 Å². The van der Waals surface area contributed by atoms with E-state index in [4.69, 9.17) is 5.73 Å². The van der Waals surface area contributed by atoms with Gasteiger partial charge in [0.25, 0.3) is 0 Å². The van der Waals surface area contributed by atoms with Crippen LogP contribution in [-0.4, -0.2) is 15.2 Å². The molecular formula is C12H10N4S. The lowest BCUT2D eigenvalue weighted by molar-refractivity contribution is 1.10. The first kappa shape index (κ1) is 10.0. The zero-order valence-electron chi connectivity index (χ0n) is 8.92. The molecule has 0 aliphatic heterocycles. The van der Waals surface area contributed by atoms with E-state index in [0.717, 1.165) is 21.7 Å². The van der Waals surface area contributed by atoms with Crippen molar-refractivity contribution in [3.05, 3.63) is 42.0 Å². The van der Waals surface area contributed by atoms with Crippen LogP contribution in [0.2, 0.25) is 0 Å². The number of H-pyrrole nitrogens is 1. The van der Waals surface area contributed by atoms with Crippen molar-refractivity contribution in [2.75, 3.05) is 5.73 Å². The Morgan fingerprint density at radius 2 is 2.00 bits per heavy atom. The molecule has 3 rings (SSSR count). The Morgan fingerprint density at radius 3 is 2.71 bits per heavy atom. The highest BCUT2D eigenvalue weighted by atomic mass is 32.1. The van der Waals surface area contributed by atoms with E-state index in [1.807, 2.05) is 36.5 Å². The summed E-state index contributed by atoms with van der Waals surface area (Å²) in [5.41, 5.74) is 10.6. The van der Waals surface area contributed by atoms with Crippen molar-refractivity contribution >= 4 is 17.2 Å². The van der Waals surface area contributed by atoms with E-state index in [-0.39, 0.29) is 0 Å². The number of nitrogens with zero attached hydrogens (tertiary/aromatic N) is 2. The maximum Gasteiger partial charge on any atom is 0.153 e. The Hall–Kier alpha value is -2.14. The summed E-state index contributed by atoms with van der Waals surface area (Å²) in [6.45, 7) is 0. The van der Waals surface area contributed by atoms with Gasteiger partial charge in [-0.05, 0) is 5.56 Å². The topological polar surface area (TPSA) is 67.6 Å². The fourth-order valence-electron chi connectivity index (χ4n) is 1.77. The number of rotatable bonds is 2. The standard InChI is InChI=1S/C12H10N4S/c13-12-10(8-4-2-1-3-5-8)11(15-16-12)9-6-14-7-17-9/h1-7H,(H3,13,15,16). The fourth-order valence-corrected chi connectivity index (χ4v) is 2.39. The van der Waals surface area contributed by atoms with Crippen LogP contribution in [0.25, 0.3) is 21.7 Å². The van der Waals surface area contributed by atoms with Gasteiger partial charge in [0.05, 0.1) is 21.6 Å². The summed E-state index contributed by atoms with van der Waals surface area (Å²) in [5.74, 6) is 0.514. The van der Waals surface area contributed by atoms with Crippen LogP contribution in [-0.2, 0) is 0 Å². The van der Waals surface area contributed by atoms with Crippen LogP contribution in [0.5, 0.6) is 0 Å². The number of aromatic nitrogens is 3. The van der Waals surface area contributed by atoms with E-state index in [0.29, 0.717) is 5.82 Å². The lowest BCUT2D eigenvalue weighted by atomic mass is 10.1. The highest BCUT2D eigenvalue weighted by molar-refractivity contribution is 7.13. The van der Waals surface area contributed by atoms with Crippen LogP contribution in [0.3, 0.4) is 0 Å². The number of nitrogen functional groups attached to an aromatic ring is 1. The van der Waals surface area contributed by atoms with E-state index < -0.39 is 0 Å². The Balaban J connectivity index is 2.20. The molecule has 17 heavy (non-hydrogen) atoms. The van der Waals surface area contributed by atoms with Crippen molar-refractivity contribution in [3.8, 4) is 21.7 Å². The van der Waals surface area contributed by atoms with E-state index in [9.17, 15) is 0 Å². The van der Waals surface area contributed by atoms with Gasteiger partial charge < -0.3 is 5.73 Å². The minimum Gasteiger partial charge on any atom is -0.382 e. The molecule has 2 aromatic heterocycles. The van der Waals surface area contributed by atoms with Crippen LogP contribution in [0.1, 0.15) is 0 Å². The third-order valence-electron chi connectivity index (χ3n) is 2.54. The molecule has 0 bridgehead atoms. The number of aromatic amines is 1. The van der Waals surface area contributed by atoms with E-state index >= 15 is 0 Å².